The molecule has 6 nitrogen and oxygen atoms in total. The molecular formula is C16H12Br2N4O2S. The lowest BCUT2D eigenvalue weighted by molar-refractivity contribution is -0.113. The summed E-state index contributed by atoms with van der Waals surface area (Å²) in [5.41, 5.74) is 1.26. The second-order valence-electron chi connectivity index (χ2n) is 4.97. The molecule has 0 bridgehead atoms. The highest BCUT2D eigenvalue weighted by molar-refractivity contribution is 9.10. The number of hydrogen-bond acceptors (Lipinski definition) is 5. The maximum atomic E-state index is 12.0. The first kappa shape index (κ1) is 18.0. The van der Waals surface area contributed by atoms with Crippen molar-refractivity contribution in [3.63, 3.8) is 0 Å². The molecule has 0 aliphatic heterocycles. The number of aromatic amines is 1. The van der Waals surface area contributed by atoms with Crippen LogP contribution in [0.3, 0.4) is 0 Å². The van der Waals surface area contributed by atoms with Crippen molar-refractivity contribution in [1.29, 1.82) is 0 Å². The second kappa shape index (κ2) is 8.03. The average molecular weight is 484 g/mol. The minimum atomic E-state index is -0.149. The first-order valence-electron chi connectivity index (χ1n) is 7.11. The molecule has 0 radical (unpaired) electrons. The number of amides is 1. The third-order valence-electron chi connectivity index (χ3n) is 3.14. The van der Waals surface area contributed by atoms with Gasteiger partial charge in [-0.2, -0.15) is 0 Å². The van der Waals surface area contributed by atoms with Crippen LogP contribution < -0.4 is 5.32 Å². The van der Waals surface area contributed by atoms with Crippen LogP contribution >= 0.6 is 43.6 Å². The molecular weight excluding hydrogens is 472 g/mol. The van der Waals surface area contributed by atoms with Crippen LogP contribution in [0.5, 0.6) is 5.75 Å². The number of halogens is 2. The Balaban J connectivity index is 1.61. The van der Waals surface area contributed by atoms with Gasteiger partial charge in [0.05, 0.1) is 11.3 Å². The number of aromatic nitrogens is 3. The zero-order valence-electron chi connectivity index (χ0n) is 12.7. The van der Waals surface area contributed by atoms with E-state index in [1.165, 1.54) is 11.8 Å². The summed E-state index contributed by atoms with van der Waals surface area (Å²) in [6, 6.07) is 12.4. The van der Waals surface area contributed by atoms with Gasteiger partial charge in [0.2, 0.25) is 11.1 Å². The molecule has 3 N–H and O–H groups in total. The Morgan fingerprint density at radius 1 is 1.16 bits per heavy atom. The van der Waals surface area contributed by atoms with E-state index in [0.29, 0.717) is 16.5 Å². The normalized spacial score (nSPS) is 10.6. The number of rotatable bonds is 5. The summed E-state index contributed by atoms with van der Waals surface area (Å²) in [4.78, 5) is 16.3. The number of aromatic hydroxyl groups is 1. The monoisotopic (exact) mass is 482 g/mol. The number of carbonyl (C=O) groups excluding carboxylic acids is 1. The molecule has 0 atom stereocenters. The fraction of sp³-hybridized carbons (Fsp3) is 0.0625. The summed E-state index contributed by atoms with van der Waals surface area (Å²) in [6.45, 7) is 0. The minimum Gasteiger partial charge on any atom is -0.507 e. The molecule has 1 aromatic heterocycles. The number of thioether (sulfide) groups is 1. The number of benzene rings is 2. The van der Waals surface area contributed by atoms with Crippen LogP contribution in [0.25, 0.3) is 11.4 Å². The Hall–Kier alpha value is -1.84. The van der Waals surface area contributed by atoms with E-state index >= 15 is 0 Å². The van der Waals surface area contributed by atoms with E-state index in [2.05, 4.69) is 52.4 Å². The van der Waals surface area contributed by atoms with Gasteiger partial charge in [0, 0.05) is 14.6 Å². The fourth-order valence-corrected chi connectivity index (χ4v) is 3.21. The molecule has 3 aromatic rings. The summed E-state index contributed by atoms with van der Waals surface area (Å²) >= 11 is 7.91. The van der Waals surface area contributed by atoms with Crippen molar-refractivity contribution in [3.8, 4) is 17.1 Å². The summed E-state index contributed by atoms with van der Waals surface area (Å²) < 4.78 is 1.77. The van der Waals surface area contributed by atoms with Gasteiger partial charge in [0.25, 0.3) is 0 Å². The lowest BCUT2D eigenvalue weighted by Gasteiger charge is -2.03. The summed E-state index contributed by atoms with van der Waals surface area (Å²) in [5, 5.41) is 20.0. The number of nitrogens with one attached hydrogen (secondary N) is 2. The number of H-pyrrole nitrogens is 1. The summed E-state index contributed by atoms with van der Waals surface area (Å²) in [5.74, 6) is 0.570. The Morgan fingerprint density at radius 3 is 2.64 bits per heavy atom. The van der Waals surface area contributed by atoms with Gasteiger partial charge in [-0.05, 0) is 42.5 Å². The molecule has 0 saturated heterocycles. The summed E-state index contributed by atoms with van der Waals surface area (Å²) in [7, 11) is 0. The van der Waals surface area contributed by atoms with Gasteiger partial charge in [-0.25, -0.2) is 4.98 Å². The van der Waals surface area contributed by atoms with Crippen molar-refractivity contribution in [2.75, 3.05) is 11.1 Å². The molecule has 3 rings (SSSR count). The van der Waals surface area contributed by atoms with Gasteiger partial charge in [-0.3, -0.25) is 9.89 Å². The standard InChI is InChI=1S/C16H12Br2N4O2S/c17-9-1-4-11(5-2-9)19-14(24)8-25-16-20-15(21-22-16)12-7-10(18)3-6-13(12)23/h1-7,23H,8H2,(H,19,24)(H,20,21,22). The zero-order chi connectivity index (χ0) is 17.8. The van der Waals surface area contributed by atoms with E-state index in [1.54, 1.807) is 18.2 Å². The number of carbonyl (C=O) groups is 1. The predicted octanol–water partition coefficient (Wildman–Crippen LogP) is 4.43. The van der Waals surface area contributed by atoms with Gasteiger partial charge in [0.15, 0.2) is 5.82 Å². The topological polar surface area (TPSA) is 90.9 Å². The zero-order valence-corrected chi connectivity index (χ0v) is 16.7. The maximum absolute atomic E-state index is 12.0. The fourth-order valence-electron chi connectivity index (χ4n) is 1.99. The molecule has 25 heavy (non-hydrogen) atoms. The molecule has 0 unspecified atom stereocenters. The van der Waals surface area contributed by atoms with Crippen LogP contribution in [0.4, 0.5) is 5.69 Å². The third-order valence-corrected chi connectivity index (χ3v) is 5.01. The Kier molecular flexibility index (Phi) is 5.77. The van der Waals surface area contributed by atoms with Crippen LogP contribution in [0.15, 0.2) is 56.6 Å². The highest BCUT2D eigenvalue weighted by Crippen LogP contribution is 2.30. The molecule has 1 heterocycles. The van der Waals surface area contributed by atoms with Gasteiger partial charge in [-0.1, -0.05) is 43.6 Å². The first-order valence-corrected chi connectivity index (χ1v) is 9.68. The number of anilines is 1. The highest BCUT2D eigenvalue weighted by Gasteiger charge is 2.12. The largest absolute Gasteiger partial charge is 0.507 e. The molecule has 128 valence electrons. The van der Waals surface area contributed by atoms with Crippen LogP contribution in [0, 0.1) is 0 Å². The average Bonchev–Trinajstić information content (AvgIpc) is 3.06. The maximum Gasteiger partial charge on any atom is 0.234 e. The van der Waals surface area contributed by atoms with Crippen molar-refractivity contribution in [2.24, 2.45) is 0 Å². The van der Waals surface area contributed by atoms with Crippen molar-refractivity contribution in [3.05, 3.63) is 51.4 Å². The molecule has 0 spiro atoms. The SMILES string of the molecule is O=C(CSc1n[nH]c(-c2cc(Br)ccc2O)n1)Nc1ccc(Br)cc1. The van der Waals surface area contributed by atoms with E-state index < -0.39 is 0 Å². The van der Waals surface area contributed by atoms with E-state index in [9.17, 15) is 9.90 Å². The van der Waals surface area contributed by atoms with E-state index in [0.717, 1.165) is 14.6 Å². The third kappa shape index (κ3) is 4.83. The number of phenols is 1. The van der Waals surface area contributed by atoms with Crippen molar-refractivity contribution in [1.82, 2.24) is 15.2 Å². The number of hydrogen-bond donors (Lipinski definition) is 3. The van der Waals surface area contributed by atoms with Crippen molar-refractivity contribution >= 4 is 55.2 Å². The molecule has 0 saturated carbocycles. The summed E-state index contributed by atoms with van der Waals surface area (Å²) in [6.07, 6.45) is 0. The Labute approximate surface area is 164 Å². The van der Waals surface area contributed by atoms with E-state index in [4.69, 9.17) is 0 Å². The predicted molar refractivity (Wildman–Crippen MR) is 105 cm³/mol. The number of phenolic OH excluding ortho intramolecular Hbond substituents is 1. The lowest BCUT2D eigenvalue weighted by atomic mass is 10.2. The van der Waals surface area contributed by atoms with Crippen LogP contribution in [-0.2, 0) is 4.79 Å². The minimum absolute atomic E-state index is 0.101. The molecule has 2 aromatic carbocycles. The smallest absolute Gasteiger partial charge is 0.234 e. The second-order valence-corrected chi connectivity index (χ2v) is 7.75. The lowest BCUT2D eigenvalue weighted by Crippen LogP contribution is -2.13. The van der Waals surface area contributed by atoms with Gasteiger partial charge < -0.3 is 10.4 Å². The quantitative estimate of drug-likeness (QED) is 0.467. The number of nitrogens with zero attached hydrogens (tertiary/aromatic N) is 2. The van der Waals surface area contributed by atoms with Gasteiger partial charge in [-0.15, -0.1) is 5.10 Å². The van der Waals surface area contributed by atoms with Crippen LogP contribution in [0.2, 0.25) is 0 Å². The Bertz CT molecular complexity index is 899. The van der Waals surface area contributed by atoms with Crippen molar-refractivity contribution in [2.45, 2.75) is 5.16 Å². The van der Waals surface area contributed by atoms with Crippen LogP contribution in [0.1, 0.15) is 0 Å². The van der Waals surface area contributed by atoms with E-state index in [1.807, 2.05) is 24.3 Å². The molecule has 0 fully saturated rings. The van der Waals surface area contributed by atoms with Crippen molar-refractivity contribution < 1.29 is 9.90 Å². The molecule has 9 heteroatoms. The molecule has 0 aliphatic carbocycles. The van der Waals surface area contributed by atoms with Crippen LogP contribution in [-0.4, -0.2) is 31.9 Å². The first-order chi connectivity index (χ1) is 12.0. The van der Waals surface area contributed by atoms with E-state index in [-0.39, 0.29) is 17.4 Å². The van der Waals surface area contributed by atoms with Gasteiger partial charge >= 0.3 is 0 Å². The Morgan fingerprint density at radius 2 is 1.88 bits per heavy atom. The molecule has 0 aliphatic rings. The van der Waals surface area contributed by atoms with Gasteiger partial charge in [0.1, 0.15) is 5.75 Å². The molecule has 1 amide bonds. The highest BCUT2D eigenvalue weighted by atomic mass is 79.9.